The normalized spacial score (nSPS) is 11.8. The van der Waals surface area contributed by atoms with Crippen LogP contribution in [0.2, 0.25) is 5.02 Å². The second-order valence-electron chi connectivity index (χ2n) is 5.19. The minimum Gasteiger partial charge on any atom is -0.388 e. The van der Waals surface area contributed by atoms with Gasteiger partial charge in [-0.3, -0.25) is 19.5 Å². The van der Waals surface area contributed by atoms with Crippen molar-refractivity contribution in [3.05, 3.63) is 44.0 Å². The fourth-order valence-corrected chi connectivity index (χ4v) is 2.44. The van der Waals surface area contributed by atoms with Crippen LogP contribution >= 0.6 is 11.6 Å². The van der Waals surface area contributed by atoms with Crippen molar-refractivity contribution in [1.82, 2.24) is 9.55 Å². The zero-order chi connectivity index (χ0) is 16.5. The highest BCUT2D eigenvalue weighted by Gasteiger charge is 2.24. The average molecular weight is 326 g/mol. The molecule has 0 unspecified atom stereocenters. The lowest BCUT2D eigenvalue weighted by molar-refractivity contribution is -0.384. The fourth-order valence-electron chi connectivity index (χ4n) is 2.21. The Hall–Kier alpha value is -1.99. The minimum absolute atomic E-state index is 0.0687. The number of nitro groups is 1. The van der Waals surface area contributed by atoms with E-state index in [1.54, 1.807) is 0 Å². The van der Waals surface area contributed by atoms with Crippen LogP contribution in [0.5, 0.6) is 0 Å². The smallest absolute Gasteiger partial charge is 0.288 e. The molecular weight excluding hydrogens is 310 g/mol. The Bertz CT molecular complexity index is 783. The van der Waals surface area contributed by atoms with Crippen LogP contribution in [-0.2, 0) is 6.54 Å². The first kappa shape index (κ1) is 16.4. The van der Waals surface area contributed by atoms with Crippen molar-refractivity contribution >= 4 is 28.2 Å². The number of fused-ring (bicyclic) bond motifs is 1. The van der Waals surface area contributed by atoms with Gasteiger partial charge < -0.3 is 5.11 Å². The molecule has 0 aliphatic carbocycles. The minimum atomic E-state index is -1.02. The zero-order valence-electron chi connectivity index (χ0n) is 12.2. The van der Waals surface area contributed by atoms with Crippen molar-refractivity contribution in [2.24, 2.45) is 0 Å². The Morgan fingerprint density at radius 1 is 1.41 bits per heavy atom. The van der Waals surface area contributed by atoms with Gasteiger partial charge in [-0.2, -0.15) is 0 Å². The summed E-state index contributed by atoms with van der Waals surface area (Å²) < 4.78 is 1.27. The number of nitro benzene ring substituents is 1. The van der Waals surface area contributed by atoms with Crippen LogP contribution in [0.4, 0.5) is 5.69 Å². The molecule has 0 aliphatic heterocycles. The zero-order valence-corrected chi connectivity index (χ0v) is 13.0. The van der Waals surface area contributed by atoms with Crippen LogP contribution in [-0.4, -0.2) is 25.2 Å². The van der Waals surface area contributed by atoms with Crippen molar-refractivity contribution in [3.8, 4) is 0 Å². The van der Waals surface area contributed by atoms with Gasteiger partial charge in [0, 0.05) is 6.07 Å². The Morgan fingerprint density at radius 2 is 2.05 bits per heavy atom. The molecular formula is C14H16ClN3O4. The number of hydrogen-bond donors (Lipinski definition) is 1. The van der Waals surface area contributed by atoms with Crippen molar-refractivity contribution < 1.29 is 10.0 Å². The third-order valence-corrected chi connectivity index (χ3v) is 4.17. The Labute approximate surface area is 131 Å². The molecule has 8 heteroatoms. The fraction of sp³-hybridized carbons (Fsp3) is 0.429. The molecule has 0 spiro atoms. The first-order chi connectivity index (χ1) is 10.3. The van der Waals surface area contributed by atoms with Crippen LogP contribution in [0.3, 0.4) is 0 Å². The van der Waals surface area contributed by atoms with Gasteiger partial charge in [-0.15, -0.1) is 0 Å². The van der Waals surface area contributed by atoms with Crippen LogP contribution < -0.4 is 5.56 Å². The third-order valence-electron chi connectivity index (χ3n) is 3.87. The Morgan fingerprint density at radius 3 is 2.59 bits per heavy atom. The molecule has 2 aromatic rings. The number of aliphatic hydroxyl groups is 1. The predicted molar refractivity (Wildman–Crippen MR) is 83.2 cm³/mol. The highest BCUT2D eigenvalue weighted by Crippen LogP contribution is 2.27. The Kier molecular flexibility index (Phi) is 4.48. The van der Waals surface area contributed by atoms with Crippen LogP contribution in [0.25, 0.3) is 10.9 Å². The summed E-state index contributed by atoms with van der Waals surface area (Å²) >= 11 is 5.81. The van der Waals surface area contributed by atoms with E-state index in [0.717, 1.165) is 6.07 Å². The highest BCUT2D eigenvalue weighted by atomic mass is 35.5. The van der Waals surface area contributed by atoms with Gasteiger partial charge in [0.05, 0.1) is 34.3 Å². The molecule has 0 fully saturated rings. The molecule has 0 aliphatic rings. The largest absolute Gasteiger partial charge is 0.388 e. The molecule has 1 N–H and O–H groups in total. The maximum Gasteiger partial charge on any atom is 0.288 e. The van der Waals surface area contributed by atoms with Crippen molar-refractivity contribution in [3.63, 3.8) is 0 Å². The molecule has 0 saturated heterocycles. The second kappa shape index (κ2) is 6.02. The first-order valence-corrected chi connectivity index (χ1v) is 7.24. The molecule has 2 rings (SSSR count). The highest BCUT2D eigenvalue weighted by molar-refractivity contribution is 6.33. The number of benzene rings is 1. The lowest BCUT2D eigenvalue weighted by atomic mass is 9.97. The van der Waals surface area contributed by atoms with Gasteiger partial charge in [-0.05, 0) is 18.9 Å². The predicted octanol–water partition coefficient (Wildman–Crippen LogP) is 2.51. The van der Waals surface area contributed by atoms with E-state index < -0.39 is 16.1 Å². The summed E-state index contributed by atoms with van der Waals surface area (Å²) in [6.07, 6.45) is 2.28. The summed E-state index contributed by atoms with van der Waals surface area (Å²) in [5.41, 5.74) is -1.51. The van der Waals surface area contributed by atoms with E-state index in [0.29, 0.717) is 12.8 Å². The lowest BCUT2D eigenvalue weighted by Crippen LogP contribution is -2.37. The monoisotopic (exact) mass is 325 g/mol. The molecule has 0 atom stereocenters. The second-order valence-corrected chi connectivity index (χ2v) is 5.59. The molecule has 1 aromatic carbocycles. The van der Waals surface area contributed by atoms with Gasteiger partial charge >= 0.3 is 0 Å². The van der Waals surface area contributed by atoms with Gasteiger partial charge in [0.2, 0.25) is 0 Å². The van der Waals surface area contributed by atoms with Crippen LogP contribution in [0.1, 0.15) is 26.7 Å². The van der Waals surface area contributed by atoms with Gasteiger partial charge in [-0.25, -0.2) is 4.98 Å². The lowest BCUT2D eigenvalue weighted by Gasteiger charge is -2.25. The maximum absolute atomic E-state index is 12.5. The van der Waals surface area contributed by atoms with Gasteiger partial charge in [0.15, 0.2) is 0 Å². The molecule has 7 nitrogen and oxygen atoms in total. The van der Waals surface area contributed by atoms with E-state index in [1.807, 2.05) is 13.8 Å². The standard InChI is InChI=1S/C14H16ClN3O4/c1-3-14(20,4-2)7-17-8-16-11-6-10(15)12(18(21)22)5-9(11)13(17)19/h5-6,8,20H,3-4,7H2,1-2H3. The molecule has 0 bridgehead atoms. The summed E-state index contributed by atoms with van der Waals surface area (Å²) in [5, 5.41) is 21.3. The van der Waals surface area contributed by atoms with E-state index in [2.05, 4.69) is 4.98 Å². The third kappa shape index (κ3) is 2.95. The maximum atomic E-state index is 12.5. The number of nitrogens with zero attached hydrogens (tertiary/aromatic N) is 3. The van der Waals surface area contributed by atoms with Crippen LogP contribution in [0.15, 0.2) is 23.3 Å². The number of rotatable bonds is 5. The van der Waals surface area contributed by atoms with E-state index >= 15 is 0 Å². The summed E-state index contributed by atoms with van der Waals surface area (Å²) in [6.45, 7) is 3.74. The molecule has 118 valence electrons. The van der Waals surface area contributed by atoms with Crippen molar-refractivity contribution in [2.75, 3.05) is 0 Å². The Balaban J connectivity index is 2.61. The summed E-state index contributed by atoms with van der Waals surface area (Å²) in [6, 6.07) is 2.42. The quantitative estimate of drug-likeness (QED) is 0.672. The molecule has 0 amide bonds. The molecule has 0 radical (unpaired) electrons. The number of hydrogen-bond acceptors (Lipinski definition) is 5. The molecule has 1 aromatic heterocycles. The molecule has 0 saturated carbocycles. The van der Waals surface area contributed by atoms with Gasteiger partial charge in [0.1, 0.15) is 5.02 Å². The average Bonchev–Trinajstić information content (AvgIpc) is 2.49. The topological polar surface area (TPSA) is 98.3 Å². The molecule has 22 heavy (non-hydrogen) atoms. The van der Waals surface area contributed by atoms with Gasteiger partial charge in [0.25, 0.3) is 11.2 Å². The summed E-state index contributed by atoms with van der Waals surface area (Å²) in [7, 11) is 0. The summed E-state index contributed by atoms with van der Waals surface area (Å²) in [5.74, 6) is 0. The van der Waals surface area contributed by atoms with Gasteiger partial charge in [-0.1, -0.05) is 25.4 Å². The number of aromatic nitrogens is 2. The van der Waals surface area contributed by atoms with E-state index in [9.17, 15) is 20.0 Å². The molecule has 1 heterocycles. The SMILES string of the molecule is CCC(O)(CC)Cn1cnc2cc(Cl)c([N+](=O)[O-])cc2c1=O. The van der Waals surface area contributed by atoms with E-state index in [4.69, 9.17) is 11.6 Å². The van der Waals surface area contributed by atoms with E-state index in [1.165, 1.54) is 17.0 Å². The van der Waals surface area contributed by atoms with E-state index in [-0.39, 0.29) is 28.2 Å². The number of halogens is 1. The summed E-state index contributed by atoms with van der Waals surface area (Å²) in [4.78, 5) is 26.9. The first-order valence-electron chi connectivity index (χ1n) is 6.86. The van der Waals surface area contributed by atoms with Crippen LogP contribution in [0, 0.1) is 10.1 Å². The van der Waals surface area contributed by atoms with Crippen molar-refractivity contribution in [2.45, 2.75) is 38.8 Å². The van der Waals surface area contributed by atoms with Crippen molar-refractivity contribution in [1.29, 1.82) is 0 Å².